The molecule has 0 aromatic heterocycles. The zero-order chi connectivity index (χ0) is 9.23. The van der Waals surface area contributed by atoms with Gasteiger partial charge in [0.25, 0.3) is 0 Å². The maximum absolute atomic E-state index is 9.89. The highest BCUT2D eigenvalue weighted by atomic mass is 16.1. The van der Waals surface area contributed by atoms with Gasteiger partial charge in [0, 0.05) is 19.6 Å². The van der Waals surface area contributed by atoms with E-state index in [1.165, 1.54) is 0 Å². The van der Waals surface area contributed by atoms with Crippen LogP contribution in [0.2, 0.25) is 0 Å². The molecule has 0 aliphatic carbocycles. The number of hydrogen-bond donors (Lipinski definition) is 2. The molecule has 4 nitrogen and oxygen atoms in total. The number of carbonyl (C=O) groups excluding carboxylic acids is 1. The van der Waals surface area contributed by atoms with E-state index in [4.69, 9.17) is 0 Å². The predicted molar refractivity (Wildman–Crippen MR) is 50.1 cm³/mol. The van der Waals surface area contributed by atoms with E-state index < -0.39 is 0 Å². The fraction of sp³-hybridized carbons (Fsp3) is 0.875. The maximum Gasteiger partial charge on any atom is 0.207 e. The van der Waals surface area contributed by atoms with Crippen molar-refractivity contribution < 1.29 is 4.79 Å². The molecule has 0 radical (unpaired) electrons. The molecule has 0 saturated heterocycles. The molecule has 0 rings (SSSR count). The van der Waals surface area contributed by atoms with Crippen LogP contribution in [0.1, 0.15) is 6.42 Å². The number of nitrogens with one attached hydrogen (secondary N) is 2. The molecule has 2 N–H and O–H groups in total. The summed E-state index contributed by atoms with van der Waals surface area (Å²) in [7, 11) is 4.03. The van der Waals surface area contributed by atoms with Gasteiger partial charge in [-0.25, -0.2) is 0 Å². The lowest BCUT2D eigenvalue weighted by Gasteiger charge is -2.15. The Morgan fingerprint density at radius 1 is 1.33 bits per heavy atom. The number of nitrogens with zero attached hydrogens (tertiary/aromatic N) is 1. The van der Waals surface area contributed by atoms with E-state index in [0.29, 0.717) is 0 Å². The minimum Gasteiger partial charge on any atom is -0.359 e. The van der Waals surface area contributed by atoms with Gasteiger partial charge in [-0.2, -0.15) is 0 Å². The average Bonchev–Trinajstić information content (AvgIpc) is 2.09. The first-order valence-electron chi connectivity index (χ1n) is 4.31. The smallest absolute Gasteiger partial charge is 0.207 e. The molecule has 0 heterocycles. The van der Waals surface area contributed by atoms with E-state index in [9.17, 15) is 4.79 Å². The molecule has 0 fully saturated rings. The Labute approximate surface area is 74.3 Å². The first-order valence-corrected chi connectivity index (χ1v) is 4.31. The summed E-state index contributed by atoms with van der Waals surface area (Å²) < 4.78 is 0. The van der Waals surface area contributed by atoms with Crippen LogP contribution in [-0.2, 0) is 4.79 Å². The third-order valence-corrected chi connectivity index (χ3v) is 1.69. The SMILES string of the molecule is CNCCN(C)CCCNC=O. The predicted octanol–water partition coefficient (Wildman–Crippen LogP) is -0.726. The van der Waals surface area contributed by atoms with E-state index in [1.54, 1.807) is 0 Å². The summed E-state index contributed by atoms with van der Waals surface area (Å²) in [5, 5.41) is 5.72. The summed E-state index contributed by atoms with van der Waals surface area (Å²) in [6.45, 7) is 3.87. The Morgan fingerprint density at radius 2 is 2.08 bits per heavy atom. The van der Waals surface area contributed by atoms with Crippen molar-refractivity contribution in [2.75, 3.05) is 40.3 Å². The fourth-order valence-corrected chi connectivity index (χ4v) is 0.924. The normalized spacial score (nSPS) is 10.2. The van der Waals surface area contributed by atoms with Gasteiger partial charge in [-0.15, -0.1) is 0 Å². The van der Waals surface area contributed by atoms with Gasteiger partial charge in [0.15, 0.2) is 0 Å². The van der Waals surface area contributed by atoms with Crippen LogP contribution in [-0.4, -0.2) is 51.6 Å². The highest BCUT2D eigenvalue weighted by Gasteiger charge is 1.95. The van der Waals surface area contributed by atoms with Gasteiger partial charge in [0.1, 0.15) is 0 Å². The molecule has 0 aliphatic heterocycles. The van der Waals surface area contributed by atoms with E-state index in [1.807, 2.05) is 7.05 Å². The molecule has 1 amide bonds. The summed E-state index contributed by atoms with van der Waals surface area (Å²) in [5.74, 6) is 0. The van der Waals surface area contributed by atoms with Crippen LogP contribution < -0.4 is 10.6 Å². The topological polar surface area (TPSA) is 44.4 Å². The third kappa shape index (κ3) is 7.50. The summed E-state index contributed by atoms with van der Waals surface area (Å²) in [4.78, 5) is 12.1. The van der Waals surface area contributed by atoms with Gasteiger partial charge in [0.2, 0.25) is 6.41 Å². The van der Waals surface area contributed by atoms with E-state index >= 15 is 0 Å². The second kappa shape index (κ2) is 8.49. The summed E-state index contributed by atoms with van der Waals surface area (Å²) in [6.07, 6.45) is 1.76. The number of rotatable bonds is 8. The second-order valence-electron chi connectivity index (χ2n) is 2.83. The molecular weight excluding hydrogens is 154 g/mol. The van der Waals surface area contributed by atoms with E-state index in [0.717, 1.165) is 39.0 Å². The second-order valence-corrected chi connectivity index (χ2v) is 2.83. The van der Waals surface area contributed by atoms with Crippen LogP contribution in [0.5, 0.6) is 0 Å². The summed E-state index contributed by atoms with van der Waals surface area (Å²) in [5.41, 5.74) is 0. The van der Waals surface area contributed by atoms with Crippen molar-refractivity contribution in [1.82, 2.24) is 15.5 Å². The number of hydrogen-bond acceptors (Lipinski definition) is 3. The Bertz CT molecular complexity index is 108. The molecule has 0 spiro atoms. The van der Waals surface area contributed by atoms with Gasteiger partial charge >= 0.3 is 0 Å². The Morgan fingerprint density at radius 3 is 2.67 bits per heavy atom. The fourth-order valence-electron chi connectivity index (χ4n) is 0.924. The van der Waals surface area contributed by atoms with E-state index in [2.05, 4.69) is 22.6 Å². The van der Waals surface area contributed by atoms with Crippen LogP contribution in [0.4, 0.5) is 0 Å². The van der Waals surface area contributed by atoms with Crippen molar-refractivity contribution in [3.05, 3.63) is 0 Å². The van der Waals surface area contributed by atoms with Gasteiger partial charge < -0.3 is 15.5 Å². The molecule has 0 bridgehead atoms. The molecule has 72 valence electrons. The van der Waals surface area contributed by atoms with E-state index in [-0.39, 0.29) is 0 Å². The zero-order valence-corrected chi connectivity index (χ0v) is 7.97. The number of amides is 1. The lowest BCUT2D eigenvalue weighted by atomic mass is 10.4. The molecule has 0 atom stereocenters. The van der Waals surface area contributed by atoms with Crippen molar-refractivity contribution in [3.8, 4) is 0 Å². The monoisotopic (exact) mass is 173 g/mol. The largest absolute Gasteiger partial charge is 0.359 e. The molecule has 0 aromatic carbocycles. The first-order chi connectivity index (χ1) is 5.81. The average molecular weight is 173 g/mol. The zero-order valence-electron chi connectivity index (χ0n) is 7.97. The van der Waals surface area contributed by atoms with Crippen LogP contribution in [0.15, 0.2) is 0 Å². The molecular formula is C8H19N3O. The van der Waals surface area contributed by atoms with Crippen molar-refractivity contribution in [2.45, 2.75) is 6.42 Å². The Hall–Kier alpha value is -0.610. The minimum atomic E-state index is 0.744. The number of carbonyl (C=O) groups is 1. The molecule has 0 aliphatic rings. The molecule has 0 unspecified atom stereocenters. The van der Waals surface area contributed by atoms with Crippen molar-refractivity contribution in [3.63, 3.8) is 0 Å². The Balaban J connectivity index is 3.07. The molecule has 0 saturated carbocycles. The van der Waals surface area contributed by atoms with Gasteiger partial charge in [-0.3, -0.25) is 4.79 Å². The van der Waals surface area contributed by atoms with Gasteiger partial charge in [-0.1, -0.05) is 0 Å². The minimum absolute atomic E-state index is 0.744. The lowest BCUT2D eigenvalue weighted by Crippen LogP contribution is -2.29. The molecule has 0 aromatic rings. The highest BCUT2D eigenvalue weighted by Crippen LogP contribution is 1.84. The molecule has 4 heteroatoms. The third-order valence-electron chi connectivity index (χ3n) is 1.69. The first kappa shape index (κ1) is 11.4. The maximum atomic E-state index is 9.89. The molecule has 12 heavy (non-hydrogen) atoms. The van der Waals surface area contributed by atoms with Crippen molar-refractivity contribution in [2.24, 2.45) is 0 Å². The lowest BCUT2D eigenvalue weighted by molar-refractivity contribution is -0.109. The van der Waals surface area contributed by atoms with Crippen molar-refractivity contribution >= 4 is 6.41 Å². The Kier molecular flexibility index (Phi) is 8.05. The summed E-state index contributed by atoms with van der Waals surface area (Å²) >= 11 is 0. The standard InChI is InChI=1S/C8H19N3O/c1-9-5-7-11(2)6-3-4-10-8-12/h8-9H,3-7H2,1-2H3,(H,10,12). The van der Waals surface area contributed by atoms with Crippen LogP contribution in [0.3, 0.4) is 0 Å². The number of likely N-dealkylation sites (N-methyl/N-ethyl adjacent to an activating group) is 2. The van der Waals surface area contributed by atoms with Crippen LogP contribution >= 0.6 is 0 Å². The summed E-state index contributed by atoms with van der Waals surface area (Å²) in [6, 6.07) is 0. The van der Waals surface area contributed by atoms with Crippen molar-refractivity contribution in [1.29, 1.82) is 0 Å². The van der Waals surface area contributed by atoms with Crippen LogP contribution in [0.25, 0.3) is 0 Å². The van der Waals surface area contributed by atoms with Crippen LogP contribution in [0, 0.1) is 0 Å². The van der Waals surface area contributed by atoms with Gasteiger partial charge in [-0.05, 0) is 27.1 Å². The highest BCUT2D eigenvalue weighted by molar-refractivity contribution is 5.45. The quantitative estimate of drug-likeness (QED) is 0.376. The van der Waals surface area contributed by atoms with Gasteiger partial charge in [0.05, 0.1) is 0 Å².